The molecule has 1 amide bonds. The number of fused-ring (bicyclic) bond motifs is 1. The van der Waals surface area contributed by atoms with Crippen LogP contribution in [0.15, 0.2) is 54.7 Å². The van der Waals surface area contributed by atoms with Crippen LogP contribution >= 0.6 is 0 Å². The summed E-state index contributed by atoms with van der Waals surface area (Å²) in [6.45, 7) is 0.302. The predicted octanol–water partition coefficient (Wildman–Crippen LogP) is 3.65. The van der Waals surface area contributed by atoms with Gasteiger partial charge in [-0.15, -0.1) is 0 Å². The molecule has 5 heteroatoms. The van der Waals surface area contributed by atoms with Gasteiger partial charge in [-0.05, 0) is 29.8 Å². The summed E-state index contributed by atoms with van der Waals surface area (Å²) < 4.78 is 18.7. The van der Waals surface area contributed by atoms with Crippen LogP contribution in [0.25, 0.3) is 10.9 Å². The molecule has 0 bridgehead atoms. The van der Waals surface area contributed by atoms with Gasteiger partial charge in [0.15, 0.2) is 11.6 Å². The lowest BCUT2D eigenvalue weighted by Crippen LogP contribution is -2.26. The van der Waals surface area contributed by atoms with Gasteiger partial charge in [-0.1, -0.05) is 24.3 Å². The second-order valence-corrected chi connectivity index (χ2v) is 5.51. The third-order valence-electron chi connectivity index (χ3n) is 3.86. The van der Waals surface area contributed by atoms with E-state index >= 15 is 0 Å². The van der Waals surface area contributed by atoms with Crippen LogP contribution in [0.5, 0.6) is 5.75 Å². The van der Waals surface area contributed by atoms with Crippen molar-refractivity contribution < 1.29 is 13.9 Å². The van der Waals surface area contributed by atoms with E-state index in [1.807, 2.05) is 24.3 Å². The lowest BCUT2D eigenvalue weighted by atomic mass is 10.1. The van der Waals surface area contributed by atoms with Crippen molar-refractivity contribution in [3.05, 3.63) is 71.7 Å². The Balaban J connectivity index is 1.85. The third-order valence-corrected chi connectivity index (χ3v) is 3.86. The fraction of sp³-hybridized carbons (Fsp3) is 0.158. The quantitative estimate of drug-likeness (QED) is 0.735. The highest BCUT2D eigenvalue weighted by atomic mass is 19.1. The lowest BCUT2D eigenvalue weighted by molar-refractivity contribution is 0.0787. The molecular formula is C19H17FN2O2. The van der Waals surface area contributed by atoms with Crippen LogP contribution in [0, 0.1) is 5.82 Å². The molecule has 0 unspecified atom stereocenters. The first-order chi connectivity index (χ1) is 11.6. The van der Waals surface area contributed by atoms with Crippen LogP contribution in [-0.4, -0.2) is 29.9 Å². The minimum Gasteiger partial charge on any atom is -0.494 e. The number of benzene rings is 2. The maximum absolute atomic E-state index is 13.8. The average molecular weight is 324 g/mol. The first kappa shape index (κ1) is 15.9. The Morgan fingerprint density at radius 3 is 2.75 bits per heavy atom. The fourth-order valence-corrected chi connectivity index (χ4v) is 2.64. The monoisotopic (exact) mass is 324 g/mol. The fourth-order valence-electron chi connectivity index (χ4n) is 2.64. The number of hydrogen-bond donors (Lipinski definition) is 0. The largest absolute Gasteiger partial charge is 0.494 e. The van der Waals surface area contributed by atoms with Gasteiger partial charge >= 0.3 is 0 Å². The zero-order chi connectivity index (χ0) is 17.1. The summed E-state index contributed by atoms with van der Waals surface area (Å²) in [6, 6.07) is 13.9. The number of pyridine rings is 1. The van der Waals surface area contributed by atoms with Gasteiger partial charge in [0.25, 0.3) is 5.91 Å². The van der Waals surface area contributed by atoms with E-state index in [-0.39, 0.29) is 11.7 Å². The number of halogens is 1. The molecule has 4 nitrogen and oxygen atoms in total. The minimum atomic E-state index is -0.440. The van der Waals surface area contributed by atoms with Gasteiger partial charge in [0, 0.05) is 25.2 Å². The van der Waals surface area contributed by atoms with Gasteiger partial charge in [0.1, 0.15) is 0 Å². The van der Waals surface area contributed by atoms with E-state index in [0.717, 1.165) is 10.9 Å². The third kappa shape index (κ3) is 3.06. The Morgan fingerprint density at radius 2 is 2.00 bits per heavy atom. The van der Waals surface area contributed by atoms with E-state index < -0.39 is 5.82 Å². The van der Waals surface area contributed by atoms with Crippen molar-refractivity contribution in [3.8, 4) is 5.75 Å². The van der Waals surface area contributed by atoms with Crippen molar-refractivity contribution in [2.45, 2.75) is 6.54 Å². The van der Waals surface area contributed by atoms with Gasteiger partial charge < -0.3 is 9.64 Å². The number of para-hydroxylation sites is 1. The standard InChI is InChI=1S/C19H17FN2O2/c1-22(12-13-7-8-18(24-2)16(20)11-13)19(23)15-9-10-21-17-6-4-3-5-14(15)17/h3-11H,12H2,1-2H3. The molecule has 0 saturated carbocycles. The van der Waals surface area contributed by atoms with Gasteiger partial charge in [0.05, 0.1) is 18.2 Å². The molecule has 0 aliphatic rings. The molecule has 1 heterocycles. The van der Waals surface area contributed by atoms with Crippen molar-refractivity contribution >= 4 is 16.8 Å². The van der Waals surface area contributed by atoms with Crippen LogP contribution in [0.4, 0.5) is 4.39 Å². The second-order valence-electron chi connectivity index (χ2n) is 5.51. The number of carbonyl (C=O) groups excluding carboxylic acids is 1. The maximum atomic E-state index is 13.8. The Hall–Kier alpha value is -2.95. The first-order valence-corrected chi connectivity index (χ1v) is 7.52. The molecular weight excluding hydrogens is 307 g/mol. The van der Waals surface area contributed by atoms with Gasteiger partial charge in [-0.3, -0.25) is 9.78 Å². The summed E-state index contributed by atoms with van der Waals surface area (Å²) in [7, 11) is 3.11. The average Bonchev–Trinajstić information content (AvgIpc) is 2.60. The number of aromatic nitrogens is 1. The summed E-state index contributed by atoms with van der Waals surface area (Å²) in [6.07, 6.45) is 1.62. The molecule has 0 N–H and O–H groups in total. The highest BCUT2D eigenvalue weighted by Gasteiger charge is 2.16. The molecule has 0 aliphatic carbocycles. The van der Waals surface area contributed by atoms with E-state index in [9.17, 15) is 9.18 Å². The molecule has 1 aromatic heterocycles. The summed E-state index contributed by atoms with van der Waals surface area (Å²) in [5, 5.41) is 0.803. The van der Waals surface area contributed by atoms with Crippen molar-refractivity contribution in [1.29, 1.82) is 0 Å². The number of ether oxygens (including phenoxy) is 1. The molecule has 0 saturated heterocycles. The summed E-state index contributed by atoms with van der Waals surface area (Å²) in [5.41, 5.74) is 2.05. The Kier molecular flexibility index (Phi) is 4.42. The SMILES string of the molecule is COc1ccc(CN(C)C(=O)c2ccnc3ccccc23)cc1F. The number of carbonyl (C=O) groups is 1. The molecule has 3 rings (SSSR count). The van der Waals surface area contributed by atoms with E-state index in [1.165, 1.54) is 13.2 Å². The van der Waals surface area contributed by atoms with Crippen molar-refractivity contribution in [2.24, 2.45) is 0 Å². The minimum absolute atomic E-state index is 0.134. The maximum Gasteiger partial charge on any atom is 0.254 e. The number of nitrogens with zero attached hydrogens (tertiary/aromatic N) is 2. The van der Waals surface area contributed by atoms with Gasteiger partial charge in [-0.2, -0.15) is 0 Å². The zero-order valence-electron chi connectivity index (χ0n) is 13.5. The van der Waals surface area contributed by atoms with Gasteiger partial charge in [-0.25, -0.2) is 4.39 Å². The van der Waals surface area contributed by atoms with Crippen LogP contribution in [0.1, 0.15) is 15.9 Å². The van der Waals surface area contributed by atoms with Gasteiger partial charge in [0.2, 0.25) is 0 Å². The summed E-state index contributed by atoms with van der Waals surface area (Å²) in [4.78, 5) is 18.6. The second kappa shape index (κ2) is 6.66. The van der Waals surface area contributed by atoms with Crippen molar-refractivity contribution in [3.63, 3.8) is 0 Å². The topological polar surface area (TPSA) is 42.4 Å². The molecule has 24 heavy (non-hydrogen) atoms. The molecule has 3 aromatic rings. The number of hydrogen-bond acceptors (Lipinski definition) is 3. The molecule has 0 fully saturated rings. The Morgan fingerprint density at radius 1 is 1.21 bits per heavy atom. The highest BCUT2D eigenvalue weighted by molar-refractivity contribution is 6.05. The summed E-state index contributed by atoms with van der Waals surface area (Å²) in [5.74, 6) is -0.386. The molecule has 2 aromatic carbocycles. The van der Waals surface area contributed by atoms with Crippen LogP contribution in [0.3, 0.4) is 0 Å². The van der Waals surface area contributed by atoms with E-state index in [0.29, 0.717) is 17.7 Å². The Labute approximate surface area is 139 Å². The van der Waals surface area contributed by atoms with Crippen LogP contribution in [-0.2, 0) is 6.54 Å². The molecule has 0 atom stereocenters. The normalized spacial score (nSPS) is 10.6. The molecule has 0 radical (unpaired) electrons. The van der Waals surface area contributed by atoms with Crippen LogP contribution < -0.4 is 4.74 Å². The van der Waals surface area contributed by atoms with E-state index in [2.05, 4.69) is 4.98 Å². The molecule has 0 aliphatic heterocycles. The van der Waals surface area contributed by atoms with E-state index in [1.54, 1.807) is 36.3 Å². The smallest absolute Gasteiger partial charge is 0.254 e. The lowest BCUT2D eigenvalue weighted by Gasteiger charge is -2.18. The van der Waals surface area contributed by atoms with E-state index in [4.69, 9.17) is 4.74 Å². The number of amides is 1. The van der Waals surface area contributed by atoms with Crippen LogP contribution in [0.2, 0.25) is 0 Å². The number of methoxy groups -OCH3 is 1. The predicted molar refractivity (Wildman–Crippen MR) is 90.5 cm³/mol. The highest BCUT2D eigenvalue weighted by Crippen LogP contribution is 2.21. The van der Waals surface area contributed by atoms with Crippen molar-refractivity contribution in [2.75, 3.05) is 14.2 Å². The zero-order valence-corrected chi connectivity index (χ0v) is 13.5. The summed E-state index contributed by atoms with van der Waals surface area (Å²) >= 11 is 0. The number of rotatable bonds is 4. The molecule has 122 valence electrons. The molecule has 0 spiro atoms. The first-order valence-electron chi connectivity index (χ1n) is 7.52. The van der Waals surface area contributed by atoms with Crippen molar-refractivity contribution in [1.82, 2.24) is 9.88 Å². The Bertz CT molecular complexity index is 890.